The first kappa shape index (κ1) is 20.1. The number of rotatable bonds is 6. The lowest BCUT2D eigenvalue weighted by Gasteiger charge is -2.33. The van der Waals surface area contributed by atoms with E-state index in [1.54, 1.807) is 6.33 Å². The highest BCUT2D eigenvalue weighted by Crippen LogP contribution is 2.10. The topological polar surface area (TPSA) is 74.5 Å². The van der Waals surface area contributed by atoms with Gasteiger partial charge in [-0.05, 0) is 24.1 Å². The van der Waals surface area contributed by atoms with Crippen molar-refractivity contribution in [1.82, 2.24) is 24.6 Å². The van der Waals surface area contributed by atoms with Gasteiger partial charge in [0, 0.05) is 26.2 Å². The maximum atomic E-state index is 8.36. The van der Waals surface area contributed by atoms with Crippen LogP contribution in [0.2, 0.25) is 0 Å². The zero-order valence-corrected chi connectivity index (χ0v) is 15.7. The molecule has 0 atom stereocenters. The molecule has 0 spiro atoms. The van der Waals surface area contributed by atoms with Crippen molar-refractivity contribution in [1.29, 1.82) is 0 Å². The Labute approximate surface area is 155 Å². The van der Waals surface area contributed by atoms with Crippen LogP contribution < -0.4 is 0 Å². The average Bonchev–Trinajstić information content (AvgIpc) is 3.10. The molecule has 0 saturated carbocycles. The lowest BCUT2D eigenvalue weighted by Crippen LogP contribution is -2.45. The molecule has 1 aromatic carbocycles. The van der Waals surface area contributed by atoms with Crippen LogP contribution in [-0.4, -0.2) is 68.9 Å². The van der Waals surface area contributed by atoms with Gasteiger partial charge in [0.15, 0.2) is 0 Å². The smallest absolute Gasteiger partial charge is 0.290 e. The summed E-state index contributed by atoms with van der Waals surface area (Å²) in [4.78, 5) is 17.8. The van der Waals surface area contributed by atoms with Crippen molar-refractivity contribution in [2.24, 2.45) is 0 Å². The number of aryl methyl sites for hydroxylation is 1. The van der Waals surface area contributed by atoms with Crippen LogP contribution in [-0.2, 0) is 24.3 Å². The second kappa shape index (κ2) is 10.7. The monoisotopic (exact) mass is 359 g/mol. The molecule has 1 N–H and O–H groups in total. The van der Waals surface area contributed by atoms with E-state index in [0.29, 0.717) is 0 Å². The Bertz CT molecular complexity index is 648. The number of hydrogen-bond acceptors (Lipinski definition) is 5. The zero-order valence-electron chi connectivity index (χ0n) is 15.7. The number of hydrogen-bond donors (Lipinski definition) is 1. The number of nitrogens with zero attached hydrogens (tertiary/aromatic N) is 5. The van der Waals surface area contributed by atoms with Crippen molar-refractivity contribution >= 4 is 6.47 Å². The minimum Gasteiger partial charge on any atom is -0.483 e. The molecule has 26 heavy (non-hydrogen) atoms. The van der Waals surface area contributed by atoms with Crippen molar-refractivity contribution < 1.29 is 9.90 Å². The fourth-order valence-corrected chi connectivity index (χ4v) is 3.06. The average molecular weight is 359 g/mol. The Kier molecular flexibility index (Phi) is 8.24. The second-order valence-corrected chi connectivity index (χ2v) is 6.32. The van der Waals surface area contributed by atoms with Crippen molar-refractivity contribution in [3.8, 4) is 0 Å². The van der Waals surface area contributed by atoms with E-state index in [9.17, 15) is 0 Å². The molecule has 1 fully saturated rings. The molecule has 1 aliphatic heterocycles. The van der Waals surface area contributed by atoms with E-state index >= 15 is 0 Å². The van der Waals surface area contributed by atoms with Gasteiger partial charge in [-0.15, -0.1) is 0 Å². The molecule has 7 nitrogen and oxygen atoms in total. The van der Waals surface area contributed by atoms with Gasteiger partial charge in [0.25, 0.3) is 6.47 Å². The van der Waals surface area contributed by atoms with Gasteiger partial charge in [-0.25, -0.2) is 9.67 Å². The number of benzene rings is 1. The summed E-state index contributed by atoms with van der Waals surface area (Å²) in [6, 6.07) is 8.81. The molecule has 3 rings (SSSR count). The van der Waals surface area contributed by atoms with Crippen molar-refractivity contribution in [2.75, 3.05) is 32.7 Å². The van der Waals surface area contributed by atoms with E-state index in [-0.39, 0.29) is 6.47 Å². The molecule has 1 aromatic heterocycles. The molecule has 2 heterocycles. The maximum absolute atomic E-state index is 8.36. The minimum atomic E-state index is -0.250. The molecular formula is C19H29N5O2. The van der Waals surface area contributed by atoms with E-state index in [4.69, 9.17) is 9.90 Å². The Morgan fingerprint density at radius 3 is 2.15 bits per heavy atom. The van der Waals surface area contributed by atoms with Crippen LogP contribution in [0.15, 0.2) is 30.6 Å². The van der Waals surface area contributed by atoms with Gasteiger partial charge < -0.3 is 10.0 Å². The van der Waals surface area contributed by atoms with Gasteiger partial charge in [-0.3, -0.25) is 9.69 Å². The van der Waals surface area contributed by atoms with E-state index in [0.717, 1.165) is 58.1 Å². The Hall–Kier alpha value is -2.25. The summed E-state index contributed by atoms with van der Waals surface area (Å²) in [7, 11) is 0. The standard InChI is InChI=1S/C18H27N5.CH2O2/c1-3-16-5-7-17(8-6-16)13-23-18(19-15-20-23)14-22-11-9-21(4-2)10-12-22;2-1-3/h5-8,15H,3-4,9-14H2,1-2H3;1H,(H,2,3). The summed E-state index contributed by atoms with van der Waals surface area (Å²) in [6.07, 6.45) is 2.76. The highest BCUT2D eigenvalue weighted by molar-refractivity contribution is 5.32. The molecule has 2 aromatic rings. The molecular weight excluding hydrogens is 330 g/mol. The fourth-order valence-electron chi connectivity index (χ4n) is 3.06. The van der Waals surface area contributed by atoms with Gasteiger partial charge in [0.05, 0.1) is 13.1 Å². The van der Waals surface area contributed by atoms with Crippen LogP contribution >= 0.6 is 0 Å². The quantitative estimate of drug-likeness (QED) is 0.792. The third kappa shape index (κ3) is 5.93. The van der Waals surface area contributed by atoms with Crippen molar-refractivity contribution in [3.63, 3.8) is 0 Å². The van der Waals surface area contributed by atoms with E-state index < -0.39 is 0 Å². The number of carboxylic acid groups (broad SMARTS) is 1. The van der Waals surface area contributed by atoms with E-state index in [1.807, 2.05) is 4.68 Å². The third-order valence-corrected chi connectivity index (χ3v) is 4.74. The third-order valence-electron chi connectivity index (χ3n) is 4.74. The van der Waals surface area contributed by atoms with Crippen LogP contribution in [0, 0.1) is 0 Å². The lowest BCUT2D eigenvalue weighted by molar-refractivity contribution is -0.122. The van der Waals surface area contributed by atoms with Crippen LogP contribution in [0.3, 0.4) is 0 Å². The molecule has 142 valence electrons. The fraction of sp³-hybridized carbons (Fsp3) is 0.526. The van der Waals surface area contributed by atoms with E-state index in [1.165, 1.54) is 11.1 Å². The Balaban J connectivity index is 0.000000758. The summed E-state index contributed by atoms with van der Waals surface area (Å²) in [6.45, 7) is 11.6. The first-order valence-electron chi connectivity index (χ1n) is 9.17. The van der Waals surface area contributed by atoms with Crippen LogP contribution in [0.4, 0.5) is 0 Å². The number of aromatic nitrogens is 3. The molecule has 0 radical (unpaired) electrons. The first-order chi connectivity index (χ1) is 12.7. The molecule has 0 bridgehead atoms. The second-order valence-electron chi connectivity index (χ2n) is 6.32. The number of carbonyl (C=O) groups is 1. The highest BCUT2D eigenvalue weighted by atomic mass is 16.3. The number of piperazine rings is 1. The minimum absolute atomic E-state index is 0.250. The Morgan fingerprint density at radius 2 is 1.58 bits per heavy atom. The molecule has 0 amide bonds. The van der Waals surface area contributed by atoms with Gasteiger partial charge in [-0.2, -0.15) is 5.10 Å². The lowest BCUT2D eigenvalue weighted by atomic mass is 10.1. The van der Waals surface area contributed by atoms with Crippen molar-refractivity contribution in [3.05, 3.63) is 47.5 Å². The predicted octanol–water partition coefficient (Wildman–Crippen LogP) is 1.73. The molecule has 1 aliphatic rings. The predicted molar refractivity (Wildman–Crippen MR) is 101 cm³/mol. The summed E-state index contributed by atoms with van der Waals surface area (Å²) in [5.74, 6) is 1.06. The van der Waals surface area contributed by atoms with Crippen molar-refractivity contribution in [2.45, 2.75) is 33.4 Å². The summed E-state index contributed by atoms with van der Waals surface area (Å²) >= 11 is 0. The summed E-state index contributed by atoms with van der Waals surface area (Å²) in [5.41, 5.74) is 2.66. The number of likely N-dealkylation sites (N-methyl/N-ethyl adjacent to an activating group) is 1. The van der Waals surface area contributed by atoms with Crippen LogP contribution in [0.1, 0.15) is 30.8 Å². The van der Waals surface area contributed by atoms with Crippen LogP contribution in [0.5, 0.6) is 0 Å². The summed E-state index contributed by atoms with van der Waals surface area (Å²) < 4.78 is 2.03. The van der Waals surface area contributed by atoms with E-state index in [2.05, 4.69) is 58.0 Å². The first-order valence-corrected chi connectivity index (χ1v) is 9.17. The highest BCUT2D eigenvalue weighted by Gasteiger charge is 2.17. The maximum Gasteiger partial charge on any atom is 0.290 e. The van der Waals surface area contributed by atoms with Crippen LogP contribution in [0.25, 0.3) is 0 Å². The Morgan fingerprint density at radius 1 is 1.00 bits per heavy atom. The molecule has 0 unspecified atom stereocenters. The van der Waals surface area contributed by atoms with Gasteiger partial charge in [0.2, 0.25) is 0 Å². The summed E-state index contributed by atoms with van der Waals surface area (Å²) in [5, 5.41) is 11.3. The van der Waals surface area contributed by atoms with Gasteiger partial charge in [-0.1, -0.05) is 38.1 Å². The molecule has 1 saturated heterocycles. The van der Waals surface area contributed by atoms with Gasteiger partial charge in [0.1, 0.15) is 12.2 Å². The molecule has 0 aliphatic carbocycles. The molecule has 7 heteroatoms. The zero-order chi connectivity index (χ0) is 18.8. The van der Waals surface area contributed by atoms with Gasteiger partial charge >= 0.3 is 0 Å². The normalized spacial score (nSPS) is 15.3. The SMILES string of the molecule is CCc1ccc(Cn2ncnc2CN2CCN(CC)CC2)cc1.O=CO. The largest absolute Gasteiger partial charge is 0.483 e.